The third-order valence-corrected chi connectivity index (χ3v) is 1.67. The van der Waals surface area contributed by atoms with E-state index in [9.17, 15) is 8.42 Å². The molecule has 1 aromatic rings. The minimum atomic E-state index is -4.11. The lowest BCUT2D eigenvalue weighted by Crippen LogP contribution is -1.99. The predicted molar refractivity (Wildman–Crippen MR) is 50.0 cm³/mol. The Labute approximate surface area is 78.4 Å². The van der Waals surface area contributed by atoms with E-state index >= 15 is 0 Å². The number of rotatable bonds is 1. The van der Waals surface area contributed by atoms with Crippen LogP contribution < -0.4 is 0 Å². The van der Waals surface area contributed by atoms with Gasteiger partial charge >= 0.3 is 10.1 Å². The van der Waals surface area contributed by atoms with Gasteiger partial charge in [-0.3, -0.25) is 4.55 Å². The molecule has 0 aliphatic rings. The maximum atomic E-state index is 10.3. The van der Waals surface area contributed by atoms with Gasteiger partial charge in [-0.25, -0.2) is 4.98 Å². The number of hydrogen-bond acceptors (Lipinski definition) is 3. The Morgan fingerprint density at radius 1 is 1.38 bits per heavy atom. The third kappa shape index (κ3) is 5.32. The molecule has 0 saturated carbocycles. The fourth-order valence-corrected chi connectivity index (χ4v) is 0.944. The Hall–Kier alpha value is -0.940. The lowest BCUT2D eigenvalue weighted by atomic mass is 10.5. The van der Waals surface area contributed by atoms with Crippen molar-refractivity contribution >= 4 is 10.1 Å². The van der Waals surface area contributed by atoms with Crippen LogP contribution in [0.3, 0.4) is 0 Å². The number of hydrogen-bond donors (Lipinski definition) is 1. The zero-order chi connectivity index (χ0) is 10.3. The van der Waals surface area contributed by atoms with Gasteiger partial charge in [-0.2, -0.15) is 8.42 Å². The van der Waals surface area contributed by atoms with E-state index < -0.39 is 10.1 Å². The van der Waals surface area contributed by atoms with E-state index in [-0.39, 0.29) is 5.03 Å². The SMILES string of the molecule is CCC.O=S(=O)(O)c1ccccn1. The van der Waals surface area contributed by atoms with Gasteiger partial charge in [0.25, 0.3) is 0 Å². The molecule has 0 aliphatic heterocycles. The van der Waals surface area contributed by atoms with Crippen LogP contribution >= 0.6 is 0 Å². The molecular weight excluding hydrogens is 190 g/mol. The summed E-state index contributed by atoms with van der Waals surface area (Å²) in [6.07, 6.45) is 2.54. The van der Waals surface area contributed by atoms with Gasteiger partial charge < -0.3 is 0 Å². The fourth-order valence-electron chi connectivity index (χ4n) is 0.500. The summed E-state index contributed by atoms with van der Waals surface area (Å²) in [5, 5.41) is -0.324. The smallest absolute Gasteiger partial charge is 0.281 e. The van der Waals surface area contributed by atoms with Gasteiger partial charge in [-0.05, 0) is 12.1 Å². The van der Waals surface area contributed by atoms with Gasteiger partial charge in [0.05, 0.1) is 0 Å². The summed E-state index contributed by atoms with van der Waals surface area (Å²) in [7, 11) is -4.11. The van der Waals surface area contributed by atoms with Crippen molar-refractivity contribution in [3.63, 3.8) is 0 Å². The quantitative estimate of drug-likeness (QED) is 0.706. The predicted octanol–water partition coefficient (Wildman–Crippen LogP) is 1.74. The lowest BCUT2D eigenvalue weighted by molar-refractivity contribution is 0.479. The molecule has 1 N–H and O–H groups in total. The molecule has 0 amide bonds. The van der Waals surface area contributed by atoms with Crippen molar-refractivity contribution in [2.75, 3.05) is 0 Å². The minimum Gasteiger partial charge on any atom is -0.281 e. The maximum Gasteiger partial charge on any atom is 0.312 e. The minimum absolute atomic E-state index is 0.324. The van der Waals surface area contributed by atoms with Crippen molar-refractivity contribution < 1.29 is 13.0 Å². The molecule has 0 atom stereocenters. The fraction of sp³-hybridized carbons (Fsp3) is 0.375. The first-order chi connectivity index (χ1) is 6.02. The van der Waals surface area contributed by atoms with Crippen LogP contribution in [0.25, 0.3) is 0 Å². The van der Waals surface area contributed by atoms with Crippen LogP contribution in [0.5, 0.6) is 0 Å². The molecule has 0 aliphatic carbocycles. The lowest BCUT2D eigenvalue weighted by Gasteiger charge is -1.91. The first-order valence-electron chi connectivity index (χ1n) is 3.90. The van der Waals surface area contributed by atoms with E-state index in [2.05, 4.69) is 18.8 Å². The highest BCUT2D eigenvalue weighted by Gasteiger charge is 2.07. The highest BCUT2D eigenvalue weighted by atomic mass is 32.2. The summed E-state index contributed by atoms with van der Waals surface area (Å²) in [6, 6.07) is 4.26. The molecule has 1 aromatic heterocycles. The Morgan fingerprint density at radius 3 is 2.15 bits per heavy atom. The molecule has 0 spiro atoms. The molecule has 0 fully saturated rings. The van der Waals surface area contributed by atoms with Gasteiger partial charge in [-0.1, -0.05) is 26.3 Å². The highest BCUT2D eigenvalue weighted by molar-refractivity contribution is 7.85. The van der Waals surface area contributed by atoms with Gasteiger partial charge in [0.1, 0.15) is 0 Å². The second-order valence-corrected chi connectivity index (χ2v) is 3.72. The second-order valence-electron chi connectivity index (χ2n) is 2.35. The summed E-state index contributed by atoms with van der Waals surface area (Å²) in [5.41, 5.74) is 0. The summed E-state index contributed by atoms with van der Waals surface area (Å²) in [6.45, 7) is 4.25. The van der Waals surface area contributed by atoms with Crippen LogP contribution in [0, 0.1) is 0 Å². The third-order valence-electron chi connectivity index (χ3n) is 0.902. The summed E-state index contributed by atoms with van der Waals surface area (Å²) < 4.78 is 29.1. The normalized spacial score (nSPS) is 10.1. The van der Waals surface area contributed by atoms with E-state index in [4.69, 9.17) is 4.55 Å². The van der Waals surface area contributed by atoms with E-state index in [0.29, 0.717) is 0 Å². The van der Waals surface area contributed by atoms with Crippen molar-refractivity contribution in [1.29, 1.82) is 0 Å². The van der Waals surface area contributed by atoms with E-state index in [1.807, 2.05) is 0 Å². The molecular formula is C8H13NO3S. The zero-order valence-electron chi connectivity index (χ0n) is 7.64. The average molecular weight is 203 g/mol. The van der Waals surface area contributed by atoms with Crippen LogP contribution in [-0.2, 0) is 10.1 Å². The van der Waals surface area contributed by atoms with Gasteiger partial charge in [0.15, 0.2) is 5.03 Å². The summed E-state index contributed by atoms with van der Waals surface area (Å²) in [4.78, 5) is 3.41. The number of aromatic nitrogens is 1. The Bertz CT molecular complexity index is 321. The average Bonchev–Trinajstić information content (AvgIpc) is 2.06. The Kier molecular flexibility index (Phi) is 5.25. The Morgan fingerprint density at radius 2 is 1.92 bits per heavy atom. The molecule has 13 heavy (non-hydrogen) atoms. The standard InChI is InChI=1S/C5H5NO3S.C3H8/c7-10(8,9)5-3-1-2-4-6-5;1-3-2/h1-4H,(H,7,8,9);3H2,1-2H3. The number of nitrogens with zero attached hydrogens (tertiary/aromatic N) is 1. The van der Waals surface area contributed by atoms with Gasteiger partial charge in [0.2, 0.25) is 0 Å². The topological polar surface area (TPSA) is 67.3 Å². The van der Waals surface area contributed by atoms with Crippen LogP contribution in [0.2, 0.25) is 0 Å². The molecule has 1 heterocycles. The van der Waals surface area contributed by atoms with Crippen molar-refractivity contribution in [3.05, 3.63) is 24.4 Å². The first kappa shape index (κ1) is 12.1. The van der Waals surface area contributed by atoms with Gasteiger partial charge in [0, 0.05) is 6.20 Å². The van der Waals surface area contributed by atoms with Crippen molar-refractivity contribution in [1.82, 2.24) is 4.98 Å². The van der Waals surface area contributed by atoms with Crippen LogP contribution in [0.1, 0.15) is 20.3 Å². The molecule has 0 aromatic carbocycles. The largest absolute Gasteiger partial charge is 0.312 e. The molecule has 5 heteroatoms. The first-order valence-corrected chi connectivity index (χ1v) is 5.34. The van der Waals surface area contributed by atoms with Crippen LogP contribution in [0.15, 0.2) is 29.4 Å². The molecule has 0 bridgehead atoms. The van der Waals surface area contributed by atoms with Crippen molar-refractivity contribution in [2.45, 2.75) is 25.3 Å². The molecule has 0 saturated heterocycles. The second kappa shape index (κ2) is 5.66. The van der Waals surface area contributed by atoms with Crippen LogP contribution in [-0.4, -0.2) is 18.0 Å². The Balaban J connectivity index is 0.000000424. The maximum absolute atomic E-state index is 10.3. The van der Waals surface area contributed by atoms with Crippen molar-refractivity contribution in [2.24, 2.45) is 0 Å². The van der Waals surface area contributed by atoms with Crippen LogP contribution in [0.4, 0.5) is 0 Å². The number of pyridine rings is 1. The zero-order valence-corrected chi connectivity index (χ0v) is 8.45. The summed E-state index contributed by atoms with van der Waals surface area (Å²) >= 11 is 0. The van der Waals surface area contributed by atoms with E-state index in [1.54, 1.807) is 6.07 Å². The highest BCUT2D eigenvalue weighted by Crippen LogP contribution is 2.00. The van der Waals surface area contributed by atoms with E-state index in [1.165, 1.54) is 24.8 Å². The molecule has 0 unspecified atom stereocenters. The monoisotopic (exact) mass is 203 g/mol. The molecule has 4 nitrogen and oxygen atoms in total. The molecule has 1 rings (SSSR count). The van der Waals surface area contributed by atoms with Gasteiger partial charge in [-0.15, -0.1) is 0 Å². The van der Waals surface area contributed by atoms with E-state index in [0.717, 1.165) is 0 Å². The molecule has 74 valence electrons. The molecule has 0 radical (unpaired) electrons. The summed E-state index contributed by atoms with van der Waals surface area (Å²) in [5.74, 6) is 0. The van der Waals surface area contributed by atoms with Crippen molar-refractivity contribution in [3.8, 4) is 0 Å².